The van der Waals surface area contributed by atoms with E-state index in [4.69, 9.17) is 34.2 Å². The number of fused-ring (bicyclic) bond motifs is 1. The topological polar surface area (TPSA) is 166 Å². The molecule has 2 unspecified atom stereocenters. The average molecular weight is 659 g/mol. The molecule has 0 amide bonds. The molecule has 3 N–H and O–H groups in total. The van der Waals surface area contributed by atoms with Crippen molar-refractivity contribution in [3.8, 4) is 5.75 Å². The van der Waals surface area contributed by atoms with Crippen LogP contribution in [0, 0.1) is 0 Å². The van der Waals surface area contributed by atoms with Gasteiger partial charge in [0.25, 0.3) is 5.56 Å². The fraction of sp³-hybridized carbons (Fsp3) is 0.371. The summed E-state index contributed by atoms with van der Waals surface area (Å²) in [6.07, 6.45) is -2.05. The molecule has 13 heteroatoms. The van der Waals surface area contributed by atoms with E-state index in [2.05, 4.69) is 10.1 Å². The van der Waals surface area contributed by atoms with Crippen molar-refractivity contribution in [2.75, 3.05) is 20.3 Å². The summed E-state index contributed by atoms with van der Waals surface area (Å²) in [7, 11) is 1.60. The van der Waals surface area contributed by atoms with Gasteiger partial charge < -0.3 is 28.4 Å². The molecule has 0 bridgehead atoms. The lowest BCUT2D eigenvalue weighted by molar-refractivity contribution is -0.245. The van der Waals surface area contributed by atoms with E-state index in [0.717, 1.165) is 27.6 Å². The Bertz CT molecular complexity index is 1790. The number of carbonyl (C=O) groups is 1. The van der Waals surface area contributed by atoms with Crippen LogP contribution in [0.2, 0.25) is 0 Å². The lowest BCUT2D eigenvalue weighted by Gasteiger charge is -2.39. The van der Waals surface area contributed by atoms with E-state index >= 15 is 0 Å². The normalized spacial score (nSPS) is 25.0. The zero-order valence-corrected chi connectivity index (χ0v) is 26.9. The Labute approximate surface area is 276 Å². The van der Waals surface area contributed by atoms with Crippen LogP contribution in [0.5, 0.6) is 5.75 Å². The summed E-state index contributed by atoms with van der Waals surface area (Å²) in [6.45, 7) is 3.39. The van der Waals surface area contributed by atoms with Crippen molar-refractivity contribution in [2.45, 2.75) is 62.2 Å². The molecule has 0 spiro atoms. The van der Waals surface area contributed by atoms with Crippen molar-refractivity contribution in [3.05, 3.63) is 129 Å². The first-order valence-corrected chi connectivity index (χ1v) is 15.7. The van der Waals surface area contributed by atoms with E-state index in [0.29, 0.717) is 5.75 Å². The molecule has 1 aromatic heterocycles. The summed E-state index contributed by atoms with van der Waals surface area (Å²) in [4.78, 5) is 39.2. The molecule has 2 fully saturated rings. The van der Waals surface area contributed by atoms with Crippen LogP contribution in [0.1, 0.15) is 49.6 Å². The van der Waals surface area contributed by atoms with Crippen molar-refractivity contribution in [2.24, 2.45) is 5.73 Å². The average Bonchev–Trinajstić information content (AvgIpc) is 3.58. The highest BCUT2D eigenvalue weighted by Crippen LogP contribution is 2.49. The lowest BCUT2D eigenvalue weighted by atomic mass is 9.80. The van der Waals surface area contributed by atoms with E-state index in [1.54, 1.807) is 21.0 Å². The minimum absolute atomic E-state index is 0.0167. The Morgan fingerprint density at radius 2 is 1.58 bits per heavy atom. The largest absolute Gasteiger partial charge is 0.497 e. The van der Waals surface area contributed by atoms with Gasteiger partial charge in [-0.2, -0.15) is 9.78 Å². The molecule has 0 radical (unpaired) electrons. The molecule has 6 rings (SSSR count). The first kappa shape index (κ1) is 33.2. The highest BCUT2D eigenvalue weighted by molar-refractivity contribution is 5.69. The van der Waals surface area contributed by atoms with Gasteiger partial charge in [-0.3, -0.25) is 20.3 Å². The molecule has 0 aliphatic carbocycles. The van der Waals surface area contributed by atoms with Crippen LogP contribution in [-0.2, 0) is 34.1 Å². The van der Waals surface area contributed by atoms with Gasteiger partial charge in [-0.15, -0.1) is 0 Å². The fourth-order valence-corrected chi connectivity index (χ4v) is 6.33. The zero-order valence-electron chi connectivity index (χ0n) is 26.9. The van der Waals surface area contributed by atoms with Crippen LogP contribution in [0.25, 0.3) is 0 Å². The van der Waals surface area contributed by atoms with E-state index in [1.165, 1.54) is 0 Å². The zero-order chi connectivity index (χ0) is 33.9. The second-order valence-electron chi connectivity index (χ2n) is 11.8. The lowest BCUT2D eigenvalue weighted by Crippen LogP contribution is -2.56. The molecule has 252 valence electrons. The Morgan fingerprint density at radius 3 is 2.17 bits per heavy atom. The van der Waals surface area contributed by atoms with Crippen molar-refractivity contribution in [1.29, 1.82) is 0 Å². The Hall–Kier alpha value is -4.66. The van der Waals surface area contributed by atoms with Gasteiger partial charge in [0.2, 0.25) is 0 Å². The summed E-state index contributed by atoms with van der Waals surface area (Å²) in [6, 6.07) is 27.0. The molecule has 2 aliphatic rings. The molecular formula is C35H38N4O9. The Balaban J connectivity index is 1.41. The molecule has 13 nitrogen and oxygen atoms in total. The molecule has 5 atom stereocenters. The number of ether oxygens (including phenoxy) is 6. The van der Waals surface area contributed by atoms with E-state index in [9.17, 15) is 14.4 Å². The number of nitrogens with one attached hydrogen (secondary N) is 1. The first-order valence-electron chi connectivity index (χ1n) is 15.7. The van der Waals surface area contributed by atoms with Crippen molar-refractivity contribution >= 4 is 5.97 Å². The molecule has 3 heterocycles. The maximum atomic E-state index is 12.9. The molecule has 0 saturated carbocycles. The number of H-pyrrole nitrogens is 1. The van der Waals surface area contributed by atoms with Gasteiger partial charge in [0.05, 0.1) is 26.7 Å². The van der Waals surface area contributed by atoms with Gasteiger partial charge in [0.15, 0.2) is 17.7 Å². The SMILES string of the molecule is CCOC(=O)CC[C@@]1(C)OC2C(O1)[C@@](N)(COC(c1ccccc1)(c1ccccc1)c1ccc(OC)cc1)O[C@H]2n1ncc(=O)[nH]c1=O. The number of benzene rings is 3. The second-order valence-corrected chi connectivity index (χ2v) is 11.8. The van der Waals surface area contributed by atoms with E-state index in [1.807, 2.05) is 84.9 Å². The number of esters is 1. The number of aromatic nitrogens is 3. The number of rotatable bonds is 12. The van der Waals surface area contributed by atoms with Crippen molar-refractivity contribution in [3.63, 3.8) is 0 Å². The standard InChI is InChI=1S/C35H38N4O9/c1-4-44-28(41)19-20-33(2)46-29-30(47-33)34(36,48-31(29)39-32(42)38-27(40)21-37-39)22-45-35(23-11-7-5-8-12-23,24-13-9-6-10-14-24)25-15-17-26(43-3)18-16-25/h5-18,21,29-31H,4,19-20,22,36H2,1-3H3,(H,38,40,42)/t29?,30?,31-,33+,34-/m1/s1. The van der Waals surface area contributed by atoms with E-state index < -0.39 is 52.8 Å². The fourth-order valence-electron chi connectivity index (χ4n) is 6.33. The van der Waals surface area contributed by atoms with Crippen LogP contribution in [0.4, 0.5) is 0 Å². The quantitative estimate of drug-likeness (QED) is 0.170. The number of hydrogen-bond donors (Lipinski definition) is 2. The third kappa shape index (κ3) is 6.30. The maximum Gasteiger partial charge on any atom is 0.347 e. The van der Waals surface area contributed by atoms with Gasteiger partial charge in [-0.1, -0.05) is 72.8 Å². The third-order valence-electron chi connectivity index (χ3n) is 8.60. The number of hydrogen-bond acceptors (Lipinski definition) is 11. The number of methoxy groups -OCH3 is 1. The van der Waals surface area contributed by atoms with Crippen molar-refractivity contribution in [1.82, 2.24) is 14.8 Å². The van der Waals surface area contributed by atoms with Gasteiger partial charge in [0.1, 0.15) is 29.8 Å². The van der Waals surface area contributed by atoms with Crippen molar-refractivity contribution < 1.29 is 33.2 Å². The first-order chi connectivity index (χ1) is 23.1. The van der Waals surface area contributed by atoms with Crippen LogP contribution >= 0.6 is 0 Å². The van der Waals surface area contributed by atoms with Gasteiger partial charge in [-0.05, 0) is 42.7 Å². The van der Waals surface area contributed by atoms with Crippen LogP contribution < -0.4 is 21.7 Å². The van der Waals surface area contributed by atoms with Gasteiger partial charge in [-0.25, -0.2) is 4.79 Å². The second kappa shape index (κ2) is 13.5. The highest BCUT2D eigenvalue weighted by Gasteiger charge is 2.64. The Morgan fingerprint density at radius 1 is 0.958 bits per heavy atom. The summed E-state index contributed by atoms with van der Waals surface area (Å²) < 4.78 is 37.7. The summed E-state index contributed by atoms with van der Waals surface area (Å²) >= 11 is 0. The van der Waals surface area contributed by atoms with E-state index in [-0.39, 0.29) is 26.1 Å². The highest BCUT2D eigenvalue weighted by atomic mass is 16.8. The van der Waals surface area contributed by atoms with Crippen LogP contribution in [0.3, 0.4) is 0 Å². The predicted molar refractivity (Wildman–Crippen MR) is 172 cm³/mol. The molecule has 48 heavy (non-hydrogen) atoms. The summed E-state index contributed by atoms with van der Waals surface area (Å²) in [5, 5.41) is 4.02. The molecule has 2 aliphatic heterocycles. The third-order valence-corrected chi connectivity index (χ3v) is 8.60. The molecule has 3 aromatic carbocycles. The summed E-state index contributed by atoms with van der Waals surface area (Å²) in [5.41, 5.74) is 5.11. The number of aromatic amines is 1. The molecule has 4 aromatic rings. The van der Waals surface area contributed by atoms with Crippen LogP contribution in [0.15, 0.2) is 101 Å². The number of carbonyl (C=O) groups excluding carboxylic acids is 1. The monoisotopic (exact) mass is 658 g/mol. The van der Waals surface area contributed by atoms with Gasteiger partial charge in [0, 0.05) is 6.42 Å². The van der Waals surface area contributed by atoms with Crippen LogP contribution in [-0.4, -0.2) is 64.8 Å². The summed E-state index contributed by atoms with van der Waals surface area (Å²) in [5.74, 6) is -1.04. The maximum absolute atomic E-state index is 12.9. The predicted octanol–water partition coefficient (Wildman–Crippen LogP) is 2.98. The molecular weight excluding hydrogens is 620 g/mol. The smallest absolute Gasteiger partial charge is 0.347 e. The minimum atomic E-state index is -1.71. The number of nitrogens with zero attached hydrogens (tertiary/aromatic N) is 2. The van der Waals surface area contributed by atoms with Gasteiger partial charge >= 0.3 is 11.7 Å². The Kier molecular flexibility index (Phi) is 9.32. The molecule has 2 saturated heterocycles. The number of nitrogens with two attached hydrogens (primary N) is 1. The minimum Gasteiger partial charge on any atom is -0.497 e.